The second-order valence-electron chi connectivity index (χ2n) is 9.81. The number of hydrogen-bond acceptors (Lipinski definition) is 4. The van der Waals surface area contributed by atoms with Crippen LogP contribution in [0, 0.1) is 6.92 Å². The van der Waals surface area contributed by atoms with Crippen molar-refractivity contribution in [2.75, 3.05) is 4.72 Å². The molecule has 1 N–H and O–H groups in total. The molecule has 0 atom stereocenters. The minimum atomic E-state index is -4.02. The molecule has 1 aromatic heterocycles. The van der Waals surface area contributed by atoms with Gasteiger partial charge in [-0.3, -0.25) is 19.2 Å². The summed E-state index contributed by atoms with van der Waals surface area (Å²) < 4.78 is 30.6. The first-order chi connectivity index (χ1) is 16.3. The maximum Gasteiger partial charge on any atom is 0.264 e. The number of rotatable bonds is 5. The van der Waals surface area contributed by atoms with Crippen LogP contribution in [0.2, 0.25) is 5.02 Å². The molecule has 2 amide bonds. The summed E-state index contributed by atoms with van der Waals surface area (Å²) in [5, 5.41) is 0.0909. The van der Waals surface area contributed by atoms with Crippen LogP contribution in [0.5, 0.6) is 0 Å². The zero-order chi connectivity index (χ0) is 25.7. The number of hydrogen-bond donors (Lipinski definition) is 1. The molecule has 9 heteroatoms. The Kier molecular flexibility index (Phi) is 6.23. The van der Waals surface area contributed by atoms with Crippen molar-refractivity contribution in [1.82, 2.24) is 4.90 Å². The van der Waals surface area contributed by atoms with Crippen LogP contribution in [0.1, 0.15) is 58.2 Å². The number of aryl methyl sites for hydroxylation is 2. The molecule has 0 unspecified atom stereocenters. The number of anilines is 1. The molecule has 1 aliphatic rings. The van der Waals surface area contributed by atoms with Crippen LogP contribution < -0.4 is 9.29 Å². The molecule has 182 valence electrons. The molecule has 1 aliphatic heterocycles. The largest absolute Gasteiger partial charge is 0.279 e. The Hall–Kier alpha value is -3.23. The van der Waals surface area contributed by atoms with Crippen molar-refractivity contribution in [3.63, 3.8) is 0 Å². The minimum absolute atomic E-state index is 0.00280. The molecule has 0 bridgehead atoms. The zero-order valence-corrected chi connectivity index (χ0v) is 21.8. The van der Waals surface area contributed by atoms with Crippen LogP contribution in [0.15, 0.2) is 59.8 Å². The Morgan fingerprint density at radius 2 is 1.60 bits per heavy atom. The highest BCUT2D eigenvalue weighted by atomic mass is 35.5. The maximum absolute atomic E-state index is 13.3. The maximum atomic E-state index is 13.3. The Morgan fingerprint density at radius 3 is 2.20 bits per heavy atom. The van der Waals surface area contributed by atoms with Gasteiger partial charge in [-0.15, -0.1) is 0 Å². The Bertz CT molecular complexity index is 1440. The van der Waals surface area contributed by atoms with E-state index in [2.05, 4.69) is 4.72 Å². The van der Waals surface area contributed by atoms with Crippen LogP contribution in [-0.4, -0.2) is 25.1 Å². The molecule has 0 radical (unpaired) electrons. The first-order valence-electron chi connectivity index (χ1n) is 11.1. The summed E-state index contributed by atoms with van der Waals surface area (Å²) in [6, 6.07) is 11.3. The summed E-state index contributed by atoms with van der Waals surface area (Å²) in [4.78, 5) is 27.6. The molecular weight excluding hydrogens is 486 g/mol. The molecule has 0 saturated heterocycles. The summed E-state index contributed by atoms with van der Waals surface area (Å²) in [5.74, 6) is -1.16. The fourth-order valence-electron chi connectivity index (χ4n) is 4.19. The average Bonchev–Trinajstić information content (AvgIpc) is 3.00. The van der Waals surface area contributed by atoms with Crippen molar-refractivity contribution in [3.8, 4) is 0 Å². The first kappa shape index (κ1) is 24.9. The molecule has 4 rings (SSSR count). The van der Waals surface area contributed by atoms with Gasteiger partial charge in [-0.05, 0) is 48.2 Å². The third-order valence-electron chi connectivity index (χ3n) is 5.88. The molecule has 0 aliphatic carbocycles. The second kappa shape index (κ2) is 8.77. The molecule has 7 nitrogen and oxygen atoms in total. The number of fused-ring (bicyclic) bond motifs is 1. The summed E-state index contributed by atoms with van der Waals surface area (Å²) in [6.07, 6.45) is 3.74. The second-order valence-corrected chi connectivity index (χ2v) is 11.9. The highest BCUT2D eigenvalue weighted by molar-refractivity contribution is 7.92. The quantitative estimate of drug-likeness (QED) is 0.406. The van der Waals surface area contributed by atoms with Crippen molar-refractivity contribution < 1.29 is 22.6 Å². The van der Waals surface area contributed by atoms with Gasteiger partial charge in [0, 0.05) is 11.1 Å². The fourth-order valence-corrected chi connectivity index (χ4v) is 5.50. The topological polar surface area (TPSA) is 87.4 Å². The Morgan fingerprint density at radius 1 is 0.971 bits per heavy atom. The molecule has 2 heterocycles. The molecule has 2 aromatic carbocycles. The number of carbonyl (C=O) groups excluding carboxylic acids is 2. The van der Waals surface area contributed by atoms with E-state index in [-0.39, 0.29) is 38.7 Å². The van der Waals surface area contributed by atoms with E-state index in [0.29, 0.717) is 0 Å². The van der Waals surface area contributed by atoms with Gasteiger partial charge < -0.3 is 0 Å². The van der Waals surface area contributed by atoms with E-state index < -0.39 is 21.8 Å². The molecule has 0 spiro atoms. The molecule has 0 saturated carbocycles. The number of amides is 2. The van der Waals surface area contributed by atoms with Gasteiger partial charge in [-0.2, -0.15) is 0 Å². The number of benzene rings is 2. The lowest BCUT2D eigenvalue weighted by Gasteiger charge is -2.19. The summed E-state index contributed by atoms with van der Waals surface area (Å²) in [5.41, 5.74) is 2.57. The minimum Gasteiger partial charge on any atom is -0.279 e. The Labute approximate surface area is 210 Å². The lowest BCUT2D eigenvalue weighted by Crippen LogP contribution is -2.32. The fraction of sp³-hybridized carbons (Fsp3) is 0.269. The van der Waals surface area contributed by atoms with Crippen LogP contribution in [0.25, 0.3) is 0 Å². The van der Waals surface area contributed by atoms with Crippen LogP contribution in [0.4, 0.5) is 5.69 Å². The van der Waals surface area contributed by atoms with E-state index in [1.165, 1.54) is 24.3 Å². The van der Waals surface area contributed by atoms with Gasteiger partial charge in [-0.25, -0.2) is 13.0 Å². The van der Waals surface area contributed by atoms with E-state index >= 15 is 0 Å². The SMILES string of the molecule is Cc1cc(CN2C(=O)c3c(Cl)ccc(NS(=O)(=O)c4ccc(C(C)(C)C)cc4)c3C2=O)c[n+](C)c1. The third kappa shape index (κ3) is 4.81. The van der Waals surface area contributed by atoms with Crippen molar-refractivity contribution >= 4 is 39.1 Å². The predicted octanol–water partition coefficient (Wildman–Crippen LogP) is 4.37. The molecule has 0 fully saturated rings. The first-order valence-corrected chi connectivity index (χ1v) is 12.9. The molecule has 3 aromatic rings. The van der Waals surface area contributed by atoms with Gasteiger partial charge in [0.2, 0.25) is 0 Å². The summed E-state index contributed by atoms with van der Waals surface area (Å²) in [7, 11) is -2.16. The molecular formula is C26H27ClN3O4S+. The van der Waals surface area contributed by atoms with Crippen LogP contribution in [-0.2, 0) is 29.0 Å². The third-order valence-corrected chi connectivity index (χ3v) is 7.57. The predicted molar refractivity (Wildman–Crippen MR) is 134 cm³/mol. The van der Waals surface area contributed by atoms with E-state index in [0.717, 1.165) is 21.6 Å². The van der Waals surface area contributed by atoms with Crippen LogP contribution in [0.3, 0.4) is 0 Å². The van der Waals surface area contributed by atoms with Crippen molar-refractivity contribution in [1.29, 1.82) is 0 Å². The van der Waals surface area contributed by atoms with Gasteiger partial charge >= 0.3 is 0 Å². The number of pyridine rings is 1. The lowest BCUT2D eigenvalue weighted by molar-refractivity contribution is -0.672. The van der Waals surface area contributed by atoms with Gasteiger partial charge in [0.15, 0.2) is 12.4 Å². The standard InChI is InChI=1S/C26H26ClN3O4S/c1-16-12-17(14-29(5)13-16)15-30-24(31)22-20(27)10-11-21(23(22)25(30)32)28-35(33,34)19-8-6-18(7-9-19)26(2,3)4/h6-14H,15H2,1-5H3/p+1. The normalized spacial score (nSPS) is 13.8. The smallest absolute Gasteiger partial charge is 0.264 e. The van der Waals surface area contributed by atoms with Crippen molar-refractivity contribution in [2.24, 2.45) is 7.05 Å². The van der Waals surface area contributed by atoms with E-state index in [1.54, 1.807) is 12.1 Å². The number of aromatic nitrogens is 1. The summed E-state index contributed by atoms with van der Waals surface area (Å²) in [6.45, 7) is 8.08. The number of nitrogens with zero attached hydrogens (tertiary/aromatic N) is 2. The summed E-state index contributed by atoms with van der Waals surface area (Å²) >= 11 is 6.29. The highest BCUT2D eigenvalue weighted by Gasteiger charge is 2.40. The van der Waals surface area contributed by atoms with E-state index in [4.69, 9.17) is 11.6 Å². The van der Waals surface area contributed by atoms with Gasteiger partial charge in [0.05, 0.1) is 33.3 Å². The Balaban J connectivity index is 1.68. The van der Waals surface area contributed by atoms with Gasteiger partial charge in [0.1, 0.15) is 7.05 Å². The zero-order valence-electron chi connectivity index (χ0n) is 20.2. The number of halogens is 1. The number of sulfonamides is 1. The number of carbonyl (C=O) groups is 2. The monoisotopic (exact) mass is 512 g/mol. The van der Waals surface area contributed by atoms with Crippen molar-refractivity contribution in [3.05, 3.63) is 87.7 Å². The lowest BCUT2D eigenvalue weighted by atomic mass is 9.87. The van der Waals surface area contributed by atoms with Crippen LogP contribution >= 0.6 is 11.6 Å². The average molecular weight is 513 g/mol. The van der Waals surface area contributed by atoms with Gasteiger partial charge in [0.25, 0.3) is 21.8 Å². The van der Waals surface area contributed by atoms with E-state index in [9.17, 15) is 18.0 Å². The highest BCUT2D eigenvalue weighted by Crippen LogP contribution is 2.36. The van der Waals surface area contributed by atoms with Gasteiger partial charge in [-0.1, -0.05) is 44.5 Å². The number of imide groups is 1. The van der Waals surface area contributed by atoms with Crippen molar-refractivity contribution in [2.45, 2.75) is 44.6 Å². The van der Waals surface area contributed by atoms with E-state index in [1.807, 2.05) is 57.8 Å². The number of nitrogens with one attached hydrogen (secondary N) is 1. The molecule has 35 heavy (non-hydrogen) atoms.